The summed E-state index contributed by atoms with van der Waals surface area (Å²) in [5.41, 5.74) is 0.757. The minimum Gasteiger partial charge on any atom is -0.494 e. The molecule has 0 N–H and O–H groups in total. The lowest BCUT2D eigenvalue weighted by molar-refractivity contribution is 0.0672. The van der Waals surface area contributed by atoms with Gasteiger partial charge < -0.3 is 9.64 Å². The van der Waals surface area contributed by atoms with Gasteiger partial charge in [-0.2, -0.15) is 0 Å². The van der Waals surface area contributed by atoms with E-state index < -0.39 is 0 Å². The first kappa shape index (κ1) is 15.4. The Balaban J connectivity index is 1.99. The predicted molar refractivity (Wildman–Crippen MR) is 84.6 cm³/mol. The van der Waals surface area contributed by atoms with Gasteiger partial charge in [0.2, 0.25) is 0 Å². The van der Waals surface area contributed by atoms with Crippen LogP contribution in [0, 0.1) is 5.92 Å². The Bertz CT molecular complexity index is 431. The fourth-order valence-corrected chi connectivity index (χ4v) is 3.33. The lowest BCUT2D eigenvalue weighted by Gasteiger charge is -2.32. The summed E-state index contributed by atoms with van der Waals surface area (Å²) in [6, 6.07) is 7.47. The third-order valence-corrected chi connectivity index (χ3v) is 4.19. The summed E-state index contributed by atoms with van der Waals surface area (Å²) in [6.45, 7) is 4.37. The number of hydrogen-bond donors (Lipinski definition) is 0. The van der Waals surface area contributed by atoms with E-state index in [4.69, 9.17) is 4.74 Å². The quantitative estimate of drug-likeness (QED) is 0.765. The summed E-state index contributed by atoms with van der Waals surface area (Å²) in [4.78, 5) is 14.5. The fourth-order valence-electron chi connectivity index (χ4n) is 2.68. The van der Waals surface area contributed by atoms with Crippen molar-refractivity contribution in [2.75, 3.05) is 25.0 Å². The third-order valence-electron chi connectivity index (χ3n) is 3.74. The molecule has 1 unspecified atom stereocenters. The molecule has 0 saturated carbocycles. The highest BCUT2D eigenvalue weighted by Gasteiger charge is 2.23. The second kappa shape index (κ2) is 7.67. The molecule has 0 spiro atoms. The van der Waals surface area contributed by atoms with Crippen LogP contribution in [0.15, 0.2) is 24.3 Å². The molecule has 1 amide bonds. The number of amides is 1. The minimum atomic E-state index is 0.146. The highest BCUT2D eigenvalue weighted by atomic mass is 79.9. The van der Waals surface area contributed by atoms with E-state index in [0.29, 0.717) is 12.5 Å². The zero-order valence-corrected chi connectivity index (χ0v) is 13.6. The first-order valence-electron chi connectivity index (χ1n) is 7.32. The summed E-state index contributed by atoms with van der Waals surface area (Å²) < 4.78 is 5.40. The molecule has 1 saturated heterocycles. The van der Waals surface area contributed by atoms with Gasteiger partial charge in [-0.1, -0.05) is 15.9 Å². The molecular formula is C16H22BrNO2. The molecule has 20 heavy (non-hydrogen) atoms. The molecular weight excluding hydrogens is 318 g/mol. The molecule has 0 radical (unpaired) electrons. The van der Waals surface area contributed by atoms with Crippen molar-refractivity contribution >= 4 is 21.8 Å². The fraction of sp³-hybridized carbons (Fsp3) is 0.562. The molecule has 0 aromatic heterocycles. The number of carbonyl (C=O) groups excluding carboxylic acids is 1. The van der Waals surface area contributed by atoms with Crippen LogP contribution >= 0.6 is 15.9 Å². The average Bonchev–Trinajstić information content (AvgIpc) is 2.48. The number of benzene rings is 1. The van der Waals surface area contributed by atoms with Gasteiger partial charge in [0.1, 0.15) is 5.75 Å². The molecule has 1 atom stereocenters. The van der Waals surface area contributed by atoms with E-state index in [1.54, 1.807) is 0 Å². The Hall–Kier alpha value is -1.03. The molecule has 1 aromatic carbocycles. The van der Waals surface area contributed by atoms with Crippen molar-refractivity contribution in [3.63, 3.8) is 0 Å². The zero-order chi connectivity index (χ0) is 14.4. The van der Waals surface area contributed by atoms with Gasteiger partial charge >= 0.3 is 0 Å². The van der Waals surface area contributed by atoms with E-state index in [9.17, 15) is 4.79 Å². The number of ether oxygens (including phenoxy) is 1. The average molecular weight is 340 g/mol. The molecule has 1 aliphatic heterocycles. The van der Waals surface area contributed by atoms with E-state index in [2.05, 4.69) is 15.9 Å². The Morgan fingerprint density at radius 1 is 1.40 bits per heavy atom. The highest BCUT2D eigenvalue weighted by Crippen LogP contribution is 2.22. The van der Waals surface area contributed by atoms with E-state index >= 15 is 0 Å². The first-order valence-corrected chi connectivity index (χ1v) is 8.44. The number of piperidine rings is 1. The Morgan fingerprint density at radius 2 is 2.15 bits per heavy atom. The molecule has 1 aromatic rings. The number of likely N-dealkylation sites (tertiary alicyclic amines) is 1. The van der Waals surface area contributed by atoms with Crippen LogP contribution in [0.4, 0.5) is 0 Å². The van der Waals surface area contributed by atoms with Crippen LogP contribution in [0.2, 0.25) is 0 Å². The molecule has 1 fully saturated rings. The number of hydrogen-bond acceptors (Lipinski definition) is 2. The molecule has 1 aliphatic rings. The number of alkyl halides is 1. The van der Waals surface area contributed by atoms with Gasteiger partial charge in [0, 0.05) is 24.0 Å². The van der Waals surface area contributed by atoms with Crippen LogP contribution < -0.4 is 4.74 Å². The van der Waals surface area contributed by atoms with Crippen LogP contribution in [0.3, 0.4) is 0 Å². The maximum absolute atomic E-state index is 12.5. The number of rotatable bonds is 5. The minimum absolute atomic E-state index is 0.146. The van der Waals surface area contributed by atoms with Gasteiger partial charge in [0.15, 0.2) is 0 Å². The van der Waals surface area contributed by atoms with Crippen LogP contribution in [0.25, 0.3) is 0 Å². The highest BCUT2D eigenvalue weighted by molar-refractivity contribution is 9.09. The van der Waals surface area contributed by atoms with Crippen LogP contribution in [-0.4, -0.2) is 35.8 Å². The number of nitrogens with zero attached hydrogens (tertiary/aromatic N) is 1. The van der Waals surface area contributed by atoms with E-state index in [1.165, 1.54) is 6.42 Å². The molecule has 2 rings (SSSR count). The van der Waals surface area contributed by atoms with Gasteiger partial charge in [-0.15, -0.1) is 0 Å². The summed E-state index contributed by atoms with van der Waals surface area (Å²) in [5.74, 6) is 1.60. The lowest BCUT2D eigenvalue weighted by atomic mass is 9.95. The van der Waals surface area contributed by atoms with Gasteiger partial charge in [0.05, 0.1) is 6.61 Å². The maximum atomic E-state index is 12.5. The van der Waals surface area contributed by atoms with Gasteiger partial charge in [-0.25, -0.2) is 0 Å². The van der Waals surface area contributed by atoms with Crippen molar-refractivity contribution in [2.24, 2.45) is 5.92 Å². The molecule has 0 bridgehead atoms. The Labute approximate surface area is 129 Å². The van der Waals surface area contributed by atoms with Gasteiger partial charge in [-0.05, 0) is 56.4 Å². The van der Waals surface area contributed by atoms with Gasteiger partial charge in [-0.3, -0.25) is 4.79 Å². The monoisotopic (exact) mass is 339 g/mol. The van der Waals surface area contributed by atoms with E-state index in [0.717, 1.165) is 42.6 Å². The zero-order valence-electron chi connectivity index (χ0n) is 12.0. The van der Waals surface area contributed by atoms with E-state index in [-0.39, 0.29) is 5.91 Å². The van der Waals surface area contributed by atoms with E-state index in [1.807, 2.05) is 36.1 Å². The van der Waals surface area contributed by atoms with Crippen molar-refractivity contribution in [1.82, 2.24) is 4.90 Å². The van der Waals surface area contributed by atoms with Crippen molar-refractivity contribution in [1.29, 1.82) is 0 Å². The van der Waals surface area contributed by atoms with Crippen LogP contribution in [-0.2, 0) is 0 Å². The second-order valence-corrected chi connectivity index (χ2v) is 5.99. The molecule has 1 heterocycles. The topological polar surface area (TPSA) is 29.5 Å². The lowest BCUT2D eigenvalue weighted by Crippen LogP contribution is -2.40. The number of halogens is 1. The van der Waals surface area contributed by atoms with Crippen LogP contribution in [0.5, 0.6) is 5.75 Å². The smallest absolute Gasteiger partial charge is 0.253 e. The Kier molecular flexibility index (Phi) is 5.89. The molecule has 3 nitrogen and oxygen atoms in total. The van der Waals surface area contributed by atoms with Crippen molar-refractivity contribution in [3.05, 3.63) is 29.8 Å². The second-order valence-electron chi connectivity index (χ2n) is 5.19. The van der Waals surface area contributed by atoms with Crippen molar-refractivity contribution in [2.45, 2.75) is 26.2 Å². The summed E-state index contributed by atoms with van der Waals surface area (Å²) in [5, 5.41) is 1.02. The molecule has 110 valence electrons. The SMILES string of the molecule is CCOc1ccc(C(=O)N2CCCC(CCBr)C2)cc1. The van der Waals surface area contributed by atoms with Gasteiger partial charge in [0.25, 0.3) is 5.91 Å². The van der Waals surface area contributed by atoms with Crippen LogP contribution in [0.1, 0.15) is 36.5 Å². The third kappa shape index (κ3) is 3.98. The normalized spacial score (nSPS) is 18.9. The van der Waals surface area contributed by atoms with Crippen molar-refractivity contribution in [3.8, 4) is 5.75 Å². The summed E-state index contributed by atoms with van der Waals surface area (Å²) >= 11 is 3.49. The largest absolute Gasteiger partial charge is 0.494 e. The standard InChI is InChI=1S/C16H22BrNO2/c1-2-20-15-7-5-14(6-8-15)16(19)18-11-3-4-13(12-18)9-10-17/h5-8,13H,2-4,9-12H2,1H3. The first-order chi connectivity index (χ1) is 9.74. The maximum Gasteiger partial charge on any atom is 0.253 e. The molecule has 0 aliphatic carbocycles. The summed E-state index contributed by atoms with van der Waals surface area (Å²) in [6.07, 6.45) is 3.49. The number of carbonyl (C=O) groups is 1. The van der Waals surface area contributed by atoms with Crippen molar-refractivity contribution < 1.29 is 9.53 Å². The predicted octanol–water partition coefficient (Wildman–Crippen LogP) is 3.72. The Morgan fingerprint density at radius 3 is 2.80 bits per heavy atom. The summed E-state index contributed by atoms with van der Waals surface area (Å²) in [7, 11) is 0. The molecule has 4 heteroatoms.